The predicted octanol–water partition coefficient (Wildman–Crippen LogP) is 6.42. The lowest BCUT2D eigenvalue weighted by molar-refractivity contribution is -0.124. The van der Waals surface area contributed by atoms with Crippen LogP contribution in [0.2, 0.25) is 0 Å². The van der Waals surface area contributed by atoms with Gasteiger partial charge in [0, 0.05) is 36.5 Å². The van der Waals surface area contributed by atoms with Gasteiger partial charge < -0.3 is 20.1 Å². The van der Waals surface area contributed by atoms with Crippen LogP contribution in [0.15, 0.2) is 54.9 Å². The summed E-state index contributed by atoms with van der Waals surface area (Å²) in [6.45, 7) is 4.70. The normalized spacial score (nSPS) is 19.7. The van der Waals surface area contributed by atoms with Crippen molar-refractivity contribution >= 4 is 17.5 Å². The highest BCUT2D eigenvalue weighted by atomic mass is 16.5. The van der Waals surface area contributed by atoms with Crippen LogP contribution in [0.25, 0.3) is 11.1 Å². The van der Waals surface area contributed by atoms with E-state index < -0.39 is 12.5 Å². The third-order valence-corrected chi connectivity index (χ3v) is 9.68. The van der Waals surface area contributed by atoms with Gasteiger partial charge in [0.2, 0.25) is 11.8 Å². The van der Waals surface area contributed by atoms with E-state index in [-0.39, 0.29) is 17.9 Å². The largest absolute Gasteiger partial charge is 0.496 e. The molecule has 0 aliphatic heterocycles. The molecular weight excluding hydrogens is 552 g/mol. The van der Waals surface area contributed by atoms with Gasteiger partial charge in [-0.3, -0.25) is 14.3 Å². The molecule has 5 rings (SSSR count). The average Bonchev–Trinajstić information content (AvgIpc) is 3.57. The lowest BCUT2D eigenvalue weighted by Crippen LogP contribution is -2.41. The molecule has 2 saturated carbocycles. The zero-order chi connectivity index (χ0) is 31.1. The number of benzene rings is 2. The first-order valence-electron chi connectivity index (χ1n) is 16.3. The molecule has 8 nitrogen and oxygen atoms in total. The summed E-state index contributed by atoms with van der Waals surface area (Å²) in [5.41, 5.74) is 5.52. The van der Waals surface area contributed by atoms with E-state index in [1.807, 2.05) is 30.1 Å². The molecule has 0 saturated heterocycles. The fourth-order valence-electron chi connectivity index (χ4n) is 6.98. The highest BCUT2D eigenvalue weighted by molar-refractivity contribution is 5.95. The third kappa shape index (κ3) is 7.70. The lowest BCUT2D eigenvalue weighted by atomic mass is 9.78. The Bertz CT molecular complexity index is 1400. The number of hydrogen-bond acceptors (Lipinski definition) is 5. The Morgan fingerprint density at radius 1 is 1.05 bits per heavy atom. The van der Waals surface area contributed by atoms with Crippen LogP contribution in [0.1, 0.15) is 87.8 Å². The van der Waals surface area contributed by atoms with E-state index in [0.717, 1.165) is 80.5 Å². The van der Waals surface area contributed by atoms with Gasteiger partial charge in [-0.15, -0.1) is 0 Å². The van der Waals surface area contributed by atoms with Crippen molar-refractivity contribution in [2.24, 2.45) is 11.8 Å². The first-order valence-corrected chi connectivity index (χ1v) is 16.3. The maximum atomic E-state index is 14.1. The molecule has 2 aliphatic carbocycles. The van der Waals surface area contributed by atoms with Crippen molar-refractivity contribution in [1.82, 2.24) is 15.1 Å². The number of nitrogens with one attached hydrogen (secondary N) is 1. The molecule has 2 fully saturated rings. The zero-order valence-corrected chi connectivity index (χ0v) is 26.5. The molecule has 2 aliphatic rings. The van der Waals surface area contributed by atoms with Crippen LogP contribution in [-0.4, -0.2) is 53.5 Å². The molecule has 3 aromatic rings. The summed E-state index contributed by atoms with van der Waals surface area (Å²) in [6.07, 6.45) is 13.8. The molecular formula is C36H48N4O4. The van der Waals surface area contributed by atoms with Crippen LogP contribution in [-0.2, 0) is 9.59 Å². The van der Waals surface area contributed by atoms with Crippen LogP contribution < -0.4 is 15.0 Å². The molecule has 1 aromatic heterocycles. The second-order valence-corrected chi connectivity index (χ2v) is 12.8. The smallest absolute Gasteiger partial charge is 0.245 e. The molecule has 236 valence electrons. The number of methoxy groups -OCH3 is 1. The number of ether oxygens (including phenoxy) is 1. The Hall–Kier alpha value is -3.65. The standard InChI is InChI=1S/C36H48N4O4/c1-25-18-31(16-17-34(25)44-3)28-14-12-27(13-15-28)22-39(36(43)29-8-5-4-6-9-29)33-11-7-10-30(19-33)32-21-38-40(23-32)26(2)20-37-35(42)24-41/h7,10-11,16-19,21,23,26-29,41H,4-6,8-9,12-15,20,22,24H2,1-3H3,(H,37,42). The van der Waals surface area contributed by atoms with E-state index in [4.69, 9.17) is 9.84 Å². The van der Waals surface area contributed by atoms with Crippen molar-refractivity contribution in [3.8, 4) is 16.9 Å². The monoisotopic (exact) mass is 600 g/mol. The quantitative estimate of drug-likeness (QED) is 0.265. The number of carbonyl (C=O) groups is 2. The number of anilines is 1. The molecule has 0 spiro atoms. The topological polar surface area (TPSA) is 96.7 Å². The number of carbonyl (C=O) groups excluding carboxylic acids is 2. The lowest BCUT2D eigenvalue weighted by Gasteiger charge is -2.35. The van der Waals surface area contributed by atoms with Crippen molar-refractivity contribution < 1.29 is 19.4 Å². The zero-order valence-electron chi connectivity index (χ0n) is 26.5. The summed E-state index contributed by atoms with van der Waals surface area (Å²) >= 11 is 0. The number of aliphatic hydroxyl groups excluding tert-OH is 1. The number of amides is 2. The minimum atomic E-state index is -0.524. The molecule has 2 N–H and O–H groups in total. The second-order valence-electron chi connectivity index (χ2n) is 12.8. The number of aromatic nitrogens is 2. The Morgan fingerprint density at radius 2 is 1.82 bits per heavy atom. The average molecular weight is 601 g/mol. The van der Waals surface area contributed by atoms with Crippen LogP contribution in [0.5, 0.6) is 5.75 Å². The fourth-order valence-corrected chi connectivity index (χ4v) is 6.98. The van der Waals surface area contributed by atoms with Gasteiger partial charge in [-0.1, -0.05) is 43.5 Å². The fraction of sp³-hybridized carbons (Fsp3) is 0.528. The predicted molar refractivity (Wildman–Crippen MR) is 174 cm³/mol. The molecule has 44 heavy (non-hydrogen) atoms. The minimum Gasteiger partial charge on any atom is -0.496 e. The maximum Gasteiger partial charge on any atom is 0.245 e. The van der Waals surface area contributed by atoms with Gasteiger partial charge in [0.05, 0.1) is 19.3 Å². The number of aliphatic hydroxyl groups is 1. The van der Waals surface area contributed by atoms with E-state index in [2.05, 4.69) is 58.6 Å². The Balaban J connectivity index is 1.31. The molecule has 8 heteroatoms. The van der Waals surface area contributed by atoms with Crippen molar-refractivity contribution in [3.63, 3.8) is 0 Å². The molecule has 0 bridgehead atoms. The highest BCUT2D eigenvalue weighted by Gasteiger charge is 2.31. The molecule has 2 aromatic carbocycles. The number of aryl methyl sites for hydroxylation is 1. The summed E-state index contributed by atoms with van der Waals surface area (Å²) in [5, 5.41) is 16.2. The van der Waals surface area contributed by atoms with Crippen LogP contribution in [0, 0.1) is 18.8 Å². The Morgan fingerprint density at radius 3 is 2.52 bits per heavy atom. The number of rotatable bonds is 11. The SMILES string of the molecule is COc1ccc(C2CCC(CN(C(=O)C3CCCCC3)c3cccc(-c4cnn(C(C)CNC(=O)CO)c4)c3)CC2)cc1C. The summed E-state index contributed by atoms with van der Waals surface area (Å²) in [6, 6.07) is 14.8. The van der Waals surface area contributed by atoms with E-state index in [0.29, 0.717) is 18.4 Å². The summed E-state index contributed by atoms with van der Waals surface area (Å²) in [4.78, 5) is 27.7. The van der Waals surface area contributed by atoms with Crippen molar-refractivity contribution in [1.29, 1.82) is 0 Å². The summed E-state index contributed by atoms with van der Waals surface area (Å²) in [5.74, 6) is 1.94. The molecule has 1 atom stereocenters. The van der Waals surface area contributed by atoms with Gasteiger partial charge in [-0.05, 0) is 99.1 Å². The first kappa shape index (κ1) is 31.8. The van der Waals surface area contributed by atoms with E-state index in [9.17, 15) is 9.59 Å². The molecule has 2 amide bonds. The summed E-state index contributed by atoms with van der Waals surface area (Å²) < 4.78 is 7.30. The van der Waals surface area contributed by atoms with Gasteiger partial charge in [-0.25, -0.2) is 0 Å². The third-order valence-electron chi connectivity index (χ3n) is 9.68. The number of hydrogen-bond donors (Lipinski definition) is 2. The van der Waals surface area contributed by atoms with E-state index in [1.54, 1.807) is 7.11 Å². The van der Waals surface area contributed by atoms with Crippen LogP contribution in [0.3, 0.4) is 0 Å². The van der Waals surface area contributed by atoms with Crippen LogP contribution >= 0.6 is 0 Å². The Kier molecular flexibility index (Phi) is 10.7. The number of nitrogens with zero attached hydrogens (tertiary/aromatic N) is 3. The molecule has 1 heterocycles. The Labute approximate surface area is 261 Å². The second kappa shape index (κ2) is 14.9. The van der Waals surface area contributed by atoms with E-state index >= 15 is 0 Å². The van der Waals surface area contributed by atoms with Crippen molar-refractivity contribution in [2.45, 2.75) is 83.6 Å². The highest BCUT2D eigenvalue weighted by Crippen LogP contribution is 2.39. The minimum absolute atomic E-state index is 0.0660. The maximum absolute atomic E-state index is 14.1. The van der Waals surface area contributed by atoms with Gasteiger partial charge in [0.25, 0.3) is 0 Å². The van der Waals surface area contributed by atoms with E-state index in [1.165, 1.54) is 17.5 Å². The van der Waals surface area contributed by atoms with Gasteiger partial charge in [0.1, 0.15) is 12.4 Å². The van der Waals surface area contributed by atoms with Crippen LogP contribution in [0.4, 0.5) is 5.69 Å². The van der Waals surface area contributed by atoms with Crippen molar-refractivity contribution in [2.75, 3.05) is 31.7 Å². The van der Waals surface area contributed by atoms with Gasteiger partial charge >= 0.3 is 0 Å². The summed E-state index contributed by atoms with van der Waals surface area (Å²) in [7, 11) is 1.72. The van der Waals surface area contributed by atoms with Gasteiger partial charge in [-0.2, -0.15) is 5.10 Å². The first-order chi connectivity index (χ1) is 21.4. The van der Waals surface area contributed by atoms with Crippen molar-refractivity contribution in [3.05, 3.63) is 66.0 Å². The molecule has 0 radical (unpaired) electrons. The molecule has 1 unspecified atom stereocenters. The van der Waals surface area contributed by atoms with Gasteiger partial charge in [0.15, 0.2) is 0 Å².